The third kappa shape index (κ3) is 5.78. The summed E-state index contributed by atoms with van der Waals surface area (Å²) in [5.74, 6) is -0.0554. The van der Waals surface area contributed by atoms with Crippen molar-refractivity contribution < 1.29 is 13.2 Å². The van der Waals surface area contributed by atoms with Crippen LogP contribution in [-0.2, 0) is 14.8 Å². The second-order valence-corrected chi connectivity index (χ2v) is 13.3. The Bertz CT molecular complexity index is 1580. The smallest absolute Gasteiger partial charge is 0.243 e. The molecular weight excluding hydrogens is 544 g/mol. The van der Waals surface area contributed by atoms with Crippen molar-refractivity contribution in [2.75, 3.05) is 31.5 Å². The molecule has 0 radical (unpaired) electrons. The lowest BCUT2D eigenvalue weighted by molar-refractivity contribution is -0.118. The minimum absolute atomic E-state index is 0.129. The minimum Gasteiger partial charge on any atom is -0.314 e. The minimum atomic E-state index is -3.56. The second-order valence-electron chi connectivity index (χ2n) is 10.4. The van der Waals surface area contributed by atoms with E-state index in [1.54, 1.807) is 36.7 Å². The molecule has 208 valence electrons. The molecule has 1 amide bonds. The number of aromatic nitrogens is 3. The number of rotatable bonds is 8. The lowest BCUT2D eigenvalue weighted by Gasteiger charge is -2.27. The molecule has 9 nitrogen and oxygen atoms in total. The van der Waals surface area contributed by atoms with Crippen LogP contribution in [0.3, 0.4) is 0 Å². The summed E-state index contributed by atoms with van der Waals surface area (Å²) >= 11 is 1.35. The van der Waals surface area contributed by atoms with Gasteiger partial charge in [0.15, 0.2) is 5.13 Å². The van der Waals surface area contributed by atoms with Crippen molar-refractivity contribution in [1.82, 2.24) is 24.6 Å². The number of nitrogens with one attached hydrogen (secondary N) is 2. The third-order valence-electron chi connectivity index (χ3n) is 7.80. The average molecular weight is 577 g/mol. The Hall–Kier alpha value is -3.25. The molecule has 2 N–H and O–H groups in total. The van der Waals surface area contributed by atoms with E-state index in [1.807, 2.05) is 24.3 Å². The van der Waals surface area contributed by atoms with Crippen molar-refractivity contribution in [1.29, 1.82) is 0 Å². The van der Waals surface area contributed by atoms with Gasteiger partial charge >= 0.3 is 0 Å². The molecule has 1 atom stereocenters. The van der Waals surface area contributed by atoms with E-state index in [0.717, 1.165) is 46.4 Å². The summed E-state index contributed by atoms with van der Waals surface area (Å²) in [4.78, 5) is 28.2. The van der Waals surface area contributed by atoms with E-state index in [-0.39, 0.29) is 10.8 Å². The summed E-state index contributed by atoms with van der Waals surface area (Å²) in [6, 6.07) is 14.5. The van der Waals surface area contributed by atoms with Crippen LogP contribution in [0.2, 0.25) is 0 Å². The number of hydrogen-bond donors (Lipinski definition) is 2. The number of piperazine rings is 1. The molecule has 6 rings (SSSR count). The van der Waals surface area contributed by atoms with E-state index in [9.17, 15) is 13.2 Å². The van der Waals surface area contributed by atoms with E-state index >= 15 is 0 Å². The highest BCUT2D eigenvalue weighted by Gasteiger charge is 2.29. The molecule has 40 heavy (non-hydrogen) atoms. The molecule has 4 aromatic rings. The highest BCUT2D eigenvalue weighted by atomic mass is 32.2. The van der Waals surface area contributed by atoms with Gasteiger partial charge in [-0.25, -0.2) is 18.4 Å². The fourth-order valence-corrected chi connectivity index (χ4v) is 7.90. The van der Waals surface area contributed by atoms with Crippen LogP contribution in [0.5, 0.6) is 0 Å². The number of carbonyl (C=O) groups excluding carboxylic acids is 1. The molecule has 1 aliphatic heterocycles. The van der Waals surface area contributed by atoms with Gasteiger partial charge in [0.2, 0.25) is 15.9 Å². The van der Waals surface area contributed by atoms with Gasteiger partial charge in [-0.3, -0.25) is 9.78 Å². The second kappa shape index (κ2) is 11.7. The van der Waals surface area contributed by atoms with Crippen molar-refractivity contribution >= 4 is 42.7 Å². The lowest BCUT2D eigenvalue weighted by Crippen LogP contribution is -2.46. The maximum Gasteiger partial charge on any atom is 0.243 e. The first-order valence-corrected chi connectivity index (χ1v) is 16.0. The molecule has 1 aliphatic carbocycles. The predicted molar refractivity (Wildman–Crippen MR) is 157 cm³/mol. The zero-order chi connectivity index (χ0) is 27.5. The molecule has 0 bridgehead atoms. The van der Waals surface area contributed by atoms with Crippen LogP contribution in [0.15, 0.2) is 65.8 Å². The first-order valence-electron chi connectivity index (χ1n) is 13.8. The number of fused-ring (bicyclic) bond motifs is 1. The zero-order valence-electron chi connectivity index (χ0n) is 22.1. The molecule has 1 saturated heterocycles. The number of amides is 1. The molecule has 2 fully saturated rings. The molecule has 0 spiro atoms. The highest BCUT2D eigenvalue weighted by molar-refractivity contribution is 7.89. The van der Waals surface area contributed by atoms with Gasteiger partial charge in [-0.2, -0.15) is 4.31 Å². The van der Waals surface area contributed by atoms with Crippen LogP contribution < -0.4 is 10.6 Å². The van der Waals surface area contributed by atoms with Crippen molar-refractivity contribution in [3.8, 4) is 11.3 Å². The van der Waals surface area contributed by atoms with Gasteiger partial charge in [0, 0.05) is 44.1 Å². The quantitative estimate of drug-likeness (QED) is 0.314. The van der Waals surface area contributed by atoms with E-state index in [0.29, 0.717) is 37.2 Å². The number of nitrogens with zero attached hydrogens (tertiary/aromatic N) is 4. The number of sulfonamides is 1. The van der Waals surface area contributed by atoms with Crippen LogP contribution in [0.4, 0.5) is 5.13 Å². The monoisotopic (exact) mass is 576 g/mol. The van der Waals surface area contributed by atoms with Crippen molar-refractivity contribution in [2.24, 2.45) is 5.92 Å². The Balaban J connectivity index is 1.23. The molecule has 3 aromatic heterocycles. The number of benzene rings is 1. The van der Waals surface area contributed by atoms with E-state index in [4.69, 9.17) is 4.98 Å². The first kappa shape index (κ1) is 26.9. The van der Waals surface area contributed by atoms with Crippen molar-refractivity contribution in [3.63, 3.8) is 0 Å². The van der Waals surface area contributed by atoms with Gasteiger partial charge in [0.25, 0.3) is 0 Å². The fourth-order valence-electron chi connectivity index (χ4n) is 5.62. The van der Waals surface area contributed by atoms with Gasteiger partial charge in [-0.1, -0.05) is 49.2 Å². The molecule has 1 saturated carbocycles. The van der Waals surface area contributed by atoms with E-state index in [1.165, 1.54) is 28.5 Å². The number of pyridine rings is 2. The normalized spacial score (nSPS) is 17.7. The van der Waals surface area contributed by atoms with Gasteiger partial charge < -0.3 is 10.6 Å². The first-order chi connectivity index (χ1) is 19.5. The Morgan fingerprint density at radius 1 is 1.05 bits per heavy atom. The Kier molecular flexibility index (Phi) is 7.88. The molecular formula is C29H32N6O3S2. The van der Waals surface area contributed by atoms with E-state index in [2.05, 4.69) is 20.6 Å². The topological polar surface area (TPSA) is 117 Å². The average Bonchev–Trinajstić information content (AvgIpc) is 3.66. The van der Waals surface area contributed by atoms with Crippen LogP contribution in [0.25, 0.3) is 21.6 Å². The van der Waals surface area contributed by atoms with Crippen LogP contribution >= 0.6 is 11.3 Å². The van der Waals surface area contributed by atoms with Crippen LogP contribution in [0.1, 0.15) is 43.6 Å². The summed E-state index contributed by atoms with van der Waals surface area (Å²) in [5, 5.41) is 6.73. The molecule has 4 heterocycles. The number of anilines is 1. The summed E-state index contributed by atoms with van der Waals surface area (Å²) in [6.45, 7) is 2.20. The standard InChI is InChI=1S/C29H32N6O3S2/c36-27(34-29-33-26-12-11-25(32-28(26)39-29)22-6-3-13-31-19-22)24(18-20-4-1-2-5-20)21-7-9-23(10-8-21)40(37,38)35-16-14-30-15-17-35/h3,6-13,19-20,24,30H,1-2,4-5,14-18H2,(H,33,34,36). The summed E-state index contributed by atoms with van der Waals surface area (Å²) in [6.07, 6.45) is 8.81. The SMILES string of the molecule is O=C(Nc1nc2ccc(-c3cccnc3)nc2s1)C(CC1CCCC1)c1ccc(S(=O)(=O)N2CCNCC2)cc1. The Morgan fingerprint density at radius 2 is 1.82 bits per heavy atom. The molecule has 1 unspecified atom stereocenters. The zero-order valence-corrected chi connectivity index (χ0v) is 23.8. The van der Waals surface area contributed by atoms with Crippen molar-refractivity contribution in [2.45, 2.75) is 42.9 Å². The number of thiazole rings is 1. The Morgan fingerprint density at radius 3 is 2.55 bits per heavy atom. The maximum absolute atomic E-state index is 13.7. The van der Waals surface area contributed by atoms with Gasteiger partial charge in [-0.05, 0) is 54.3 Å². The Labute approximate surface area is 238 Å². The van der Waals surface area contributed by atoms with Crippen LogP contribution in [-0.4, -0.2) is 59.8 Å². The largest absolute Gasteiger partial charge is 0.314 e. The van der Waals surface area contributed by atoms with Gasteiger partial charge in [0.05, 0.1) is 16.5 Å². The lowest BCUT2D eigenvalue weighted by atomic mass is 9.87. The van der Waals surface area contributed by atoms with Gasteiger partial charge in [-0.15, -0.1) is 0 Å². The maximum atomic E-state index is 13.7. The molecule has 2 aliphatic rings. The molecule has 11 heteroatoms. The summed E-state index contributed by atoms with van der Waals surface area (Å²) in [7, 11) is -3.56. The fraction of sp³-hybridized carbons (Fsp3) is 0.379. The van der Waals surface area contributed by atoms with E-state index < -0.39 is 15.9 Å². The predicted octanol–water partition coefficient (Wildman–Crippen LogP) is 4.65. The third-order valence-corrected chi connectivity index (χ3v) is 10.6. The molecule has 1 aromatic carbocycles. The van der Waals surface area contributed by atoms with Crippen LogP contribution in [0, 0.1) is 5.92 Å². The number of hydrogen-bond acceptors (Lipinski definition) is 8. The van der Waals surface area contributed by atoms with Gasteiger partial charge in [0.1, 0.15) is 10.3 Å². The van der Waals surface area contributed by atoms with Crippen molar-refractivity contribution in [3.05, 3.63) is 66.5 Å². The highest BCUT2D eigenvalue weighted by Crippen LogP contribution is 2.36. The summed E-state index contributed by atoms with van der Waals surface area (Å²) in [5.41, 5.74) is 3.27. The summed E-state index contributed by atoms with van der Waals surface area (Å²) < 4.78 is 27.8. The number of carbonyl (C=O) groups is 1.